The molecule has 0 aliphatic carbocycles. The summed E-state index contributed by atoms with van der Waals surface area (Å²) in [6.07, 6.45) is 4.16. The number of benzene rings is 1. The Morgan fingerprint density at radius 1 is 1.35 bits per heavy atom. The largest absolute Gasteiger partial charge is 0.482 e. The lowest BCUT2D eigenvalue weighted by molar-refractivity contribution is -0.0115. The van der Waals surface area contributed by atoms with E-state index in [0.29, 0.717) is 23.7 Å². The molecule has 0 unspecified atom stereocenters. The fourth-order valence-electron chi connectivity index (χ4n) is 2.81. The van der Waals surface area contributed by atoms with Gasteiger partial charge in [0.25, 0.3) is 0 Å². The first-order valence-electron chi connectivity index (χ1n) is 8.05. The molecule has 0 N–H and O–H groups in total. The average molecular weight is 320 g/mol. The highest BCUT2D eigenvalue weighted by Gasteiger charge is 2.23. The minimum absolute atomic E-state index is 0.0931. The molecular weight excluding hydrogens is 299 g/mol. The molecule has 0 bridgehead atoms. The van der Waals surface area contributed by atoms with Gasteiger partial charge in [0.15, 0.2) is 18.2 Å². The second-order valence-corrected chi connectivity index (χ2v) is 5.82. The van der Waals surface area contributed by atoms with Gasteiger partial charge in [0.1, 0.15) is 0 Å². The summed E-state index contributed by atoms with van der Waals surface area (Å²) in [5.41, 5.74) is 0. The number of ether oxygens (including phenoxy) is 2. The highest BCUT2D eigenvalue weighted by atomic mass is 19.1. The molecule has 2 atom stereocenters. The van der Waals surface area contributed by atoms with Gasteiger partial charge in [-0.2, -0.15) is 4.98 Å². The summed E-state index contributed by atoms with van der Waals surface area (Å²) >= 11 is 0. The third kappa shape index (κ3) is 4.28. The summed E-state index contributed by atoms with van der Waals surface area (Å²) in [4.78, 5) is 4.33. The van der Waals surface area contributed by atoms with E-state index in [1.807, 2.05) is 0 Å². The third-order valence-corrected chi connectivity index (χ3v) is 4.10. The summed E-state index contributed by atoms with van der Waals surface area (Å²) in [5.74, 6) is 1.34. The maximum Gasteiger partial charge on any atom is 0.227 e. The lowest BCUT2D eigenvalue weighted by Gasteiger charge is -2.27. The number of hydrogen-bond donors (Lipinski definition) is 0. The van der Waals surface area contributed by atoms with Crippen molar-refractivity contribution in [2.45, 2.75) is 45.3 Å². The van der Waals surface area contributed by atoms with Crippen LogP contribution in [0.1, 0.15) is 37.9 Å². The van der Waals surface area contributed by atoms with Crippen molar-refractivity contribution < 1.29 is 18.4 Å². The number of rotatable bonds is 6. The Bertz CT molecular complexity index is 632. The van der Waals surface area contributed by atoms with Crippen LogP contribution in [0.15, 0.2) is 28.8 Å². The number of aromatic nitrogens is 2. The lowest BCUT2D eigenvalue weighted by Crippen LogP contribution is -2.26. The topological polar surface area (TPSA) is 57.4 Å². The van der Waals surface area contributed by atoms with Crippen molar-refractivity contribution in [3.05, 3.63) is 41.8 Å². The Kier molecular flexibility index (Phi) is 5.23. The standard InChI is InChI=1S/C17H21FN2O3/c1-2-13-9-12(7-8-21-13)10-17-19-16(20-23-17)11-22-15-6-4-3-5-14(15)18/h3-6,12-13H,2,7-11H2,1H3/t12-,13+/m1/s1. The van der Waals surface area contributed by atoms with Crippen molar-refractivity contribution in [1.82, 2.24) is 10.1 Å². The van der Waals surface area contributed by atoms with Crippen molar-refractivity contribution >= 4 is 0 Å². The molecule has 0 amide bonds. The Hall–Kier alpha value is -1.95. The summed E-state index contributed by atoms with van der Waals surface area (Å²) in [6, 6.07) is 6.26. The van der Waals surface area contributed by atoms with Crippen LogP contribution in [0, 0.1) is 11.7 Å². The van der Waals surface area contributed by atoms with E-state index in [1.165, 1.54) is 6.07 Å². The van der Waals surface area contributed by atoms with E-state index in [-0.39, 0.29) is 12.4 Å². The van der Waals surface area contributed by atoms with Crippen LogP contribution in [0.2, 0.25) is 0 Å². The van der Waals surface area contributed by atoms with Gasteiger partial charge in [0.05, 0.1) is 6.10 Å². The first kappa shape index (κ1) is 15.9. The molecule has 1 aliphatic heterocycles. The van der Waals surface area contributed by atoms with Gasteiger partial charge in [-0.15, -0.1) is 0 Å². The van der Waals surface area contributed by atoms with Crippen LogP contribution < -0.4 is 4.74 Å². The molecule has 1 aliphatic rings. The number of nitrogens with zero attached hydrogens (tertiary/aromatic N) is 2. The fraction of sp³-hybridized carbons (Fsp3) is 0.529. The normalized spacial score (nSPS) is 21.3. The van der Waals surface area contributed by atoms with E-state index in [9.17, 15) is 4.39 Å². The van der Waals surface area contributed by atoms with Crippen LogP contribution in [0.3, 0.4) is 0 Å². The van der Waals surface area contributed by atoms with Crippen LogP contribution in [0.25, 0.3) is 0 Å². The van der Waals surface area contributed by atoms with Crippen molar-refractivity contribution in [3.63, 3.8) is 0 Å². The summed E-state index contributed by atoms with van der Waals surface area (Å²) < 4.78 is 29.8. The minimum atomic E-state index is -0.399. The van der Waals surface area contributed by atoms with Crippen molar-refractivity contribution in [2.24, 2.45) is 5.92 Å². The van der Waals surface area contributed by atoms with E-state index in [2.05, 4.69) is 17.1 Å². The predicted octanol–water partition coefficient (Wildman–Crippen LogP) is 3.54. The van der Waals surface area contributed by atoms with Crippen molar-refractivity contribution in [3.8, 4) is 5.75 Å². The van der Waals surface area contributed by atoms with Gasteiger partial charge in [-0.25, -0.2) is 4.39 Å². The van der Waals surface area contributed by atoms with Crippen LogP contribution in [0.5, 0.6) is 5.75 Å². The zero-order valence-electron chi connectivity index (χ0n) is 13.2. The molecule has 3 rings (SSSR count). The summed E-state index contributed by atoms with van der Waals surface area (Å²) in [6.45, 7) is 3.02. The first-order valence-corrected chi connectivity index (χ1v) is 8.05. The minimum Gasteiger partial charge on any atom is -0.482 e. The van der Waals surface area contributed by atoms with Gasteiger partial charge < -0.3 is 14.0 Å². The Morgan fingerprint density at radius 3 is 3.04 bits per heavy atom. The quantitative estimate of drug-likeness (QED) is 0.815. The van der Waals surface area contributed by atoms with E-state index in [4.69, 9.17) is 14.0 Å². The zero-order chi connectivity index (χ0) is 16.1. The SMILES string of the molecule is CC[C@H]1C[C@H](Cc2nc(COc3ccccc3F)no2)CCO1. The molecule has 2 aromatic rings. The van der Waals surface area contributed by atoms with Gasteiger partial charge in [-0.3, -0.25) is 0 Å². The second kappa shape index (κ2) is 7.55. The van der Waals surface area contributed by atoms with Crippen LogP contribution in [0.4, 0.5) is 4.39 Å². The second-order valence-electron chi connectivity index (χ2n) is 5.82. The number of halogens is 1. The molecule has 0 radical (unpaired) electrons. The molecule has 5 nitrogen and oxygen atoms in total. The van der Waals surface area contributed by atoms with Gasteiger partial charge >= 0.3 is 0 Å². The molecular formula is C17H21FN2O3. The highest BCUT2D eigenvalue weighted by Crippen LogP contribution is 2.25. The molecule has 1 aromatic carbocycles. The van der Waals surface area contributed by atoms with Gasteiger partial charge in [-0.05, 0) is 37.3 Å². The molecule has 124 valence electrons. The van der Waals surface area contributed by atoms with E-state index >= 15 is 0 Å². The van der Waals surface area contributed by atoms with Crippen molar-refractivity contribution in [1.29, 1.82) is 0 Å². The molecule has 23 heavy (non-hydrogen) atoms. The predicted molar refractivity (Wildman–Crippen MR) is 81.5 cm³/mol. The van der Waals surface area contributed by atoms with Crippen LogP contribution >= 0.6 is 0 Å². The van der Waals surface area contributed by atoms with E-state index in [0.717, 1.165) is 32.3 Å². The molecule has 6 heteroatoms. The Balaban J connectivity index is 1.53. The Labute approximate surface area is 134 Å². The molecule has 2 heterocycles. The van der Waals surface area contributed by atoms with Gasteiger partial charge in [-0.1, -0.05) is 24.2 Å². The van der Waals surface area contributed by atoms with Gasteiger partial charge in [0.2, 0.25) is 11.7 Å². The lowest BCUT2D eigenvalue weighted by atomic mass is 9.91. The highest BCUT2D eigenvalue weighted by molar-refractivity contribution is 5.23. The molecule has 0 saturated carbocycles. The van der Waals surface area contributed by atoms with E-state index < -0.39 is 5.82 Å². The Morgan fingerprint density at radius 2 is 2.22 bits per heavy atom. The molecule has 1 aromatic heterocycles. The number of hydrogen-bond acceptors (Lipinski definition) is 5. The number of para-hydroxylation sites is 1. The zero-order valence-corrected chi connectivity index (χ0v) is 13.2. The molecule has 1 saturated heterocycles. The summed E-state index contributed by atoms with van der Waals surface area (Å²) in [5, 5.41) is 3.90. The summed E-state index contributed by atoms with van der Waals surface area (Å²) in [7, 11) is 0. The molecule has 0 spiro atoms. The molecule has 1 fully saturated rings. The first-order chi connectivity index (χ1) is 11.2. The van der Waals surface area contributed by atoms with E-state index in [1.54, 1.807) is 18.2 Å². The maximum absolute atomic E-state index is 13.5. The van der Waals surface area contributed by atoms with Crippen LogP contribution in [-0.4, -0.2) is 22.9 Å². The van der Waals surface area contributed by atoms with Gasteiger partial charge in [0, 0.05) is 13.0 Å². The monoisotopic (exact) mass is 320 g/mol. The third-order valence-electron chi connectivity index (χ3n) is 4.10. The fourth-order valence-corrected chi connectivity index (χ4v) is 2.81. The maximum atomic E-state index is 13.5. The van der Waals surface area contributed by atoms with Crippen molar-refractivity contribution in [2.75, 3.05) is 6.61 Å². The average Bonchev–Trinajstić information content (AvgIpc) is 3.02. The van der Waals surface area contributed by atoms with Crippen LogP contribution in [-0.2, 0) is 17.8 Å². The smallest absolute Gasteiger partial charge is 0.227 e.